The van der Waals surface area contributed by atoms with Crippen LogP contribution in [0, 0.1) is 18.3 Å². The molecule has 0 bridgehead atoms. The quantitative estimate of drug-likeness (QED) is 0.119. The van der Waals surface area contributed by atoms with Gasteiger partial charge in [0.15, 0.2) is 0 Å². The van der Waals surface area contributed by atoms with Gasteiger partial charge < -0.3 is 14.6 Å². The third-order valence-electron chi connectivity index (χ3n) is 8.77. The molecule has 0 saturated carbocycles. The number of rotatable bonds is 8. The van der Waals surface area contributed by atoms with Gasteiger partial charge in [0.1, 0.15) is 0 Å². The molecule has 0 aromatic heterocycles. The van der Waals surface area contributed by atoms with Gasteiger partial charge in [-0.1, -0.05) is 181 Å². The first kappa shape index (κ1) is 66.3. The Labute approximate surface area is 498 Å². The number of methoxy groups -OCH3 is 2. The highest BCUT2D eigenvalue weighted by Crippen LogP contribution is 2.33. The van der Waals surface area contributed by atoms with Crippen molar-refractivity contribution in [2.75, 3.05) is 14.2 Å². The van der Waals surface area contributed by atoms with Crippen molar-refractivity contribution in [1.29, 1.82) is 5.26 Å². The van der Waals surface area contributed by atoms with Crippen LogP contribution in [0.2, 0.25) is 30.1 Å². The second-order valence-corrected chi connectivity index (χ2v) is 22.9. The van der Waals surface area contributed by atoms with Crippen molar-refractivity contribution in [3.05, 3.63) is 200 Å². The van der Waals surface area contributed by atoms with E-state index in [2.05, 4.69) is 116 Å². The fourth-order valence-corrected chi connectivity index (χ4v) is 9.41. The first-order valence-corrected chi connectivity index (χ1v) is 27.9. The SMILES string of the molecule is COC(=O)C(C)(C)c1cc(Br)ccc1Cl.COC(=O)Cc1cc(Br)ccc1Cl.Cc1cc(Br)ccc1Cl.Clc1ccc(Br)cc1CBr.N#CCc1cc(Br)ccc1Cl.O=C(O)Cc1cc(Br)ccc1Cl. The maximum absolute atomic E-state index is 11.6. The van der Waals surface area contributed by atoms with E-state index in [1.807, 2.05) is 79.7 Å². The Morgan fingerprint density at radius 1 is 0.543 bits per heavy atom. The molecule has 0 fully saturated rings. The zero-order chi connectivity index (χ0) is 53.3. The second kappa shape index (κ2) is 34.7. The van der Waals surface area contributed by atoms with Crippen molar-refractivity contribution >= 4 is 199 Å². The minimum Gasteiger partial charge on any atom is -0.481 e. The molecule has 6 aromatic rings. The zero-order valence-corrected chi connectivity index (χ0v) is 53.2. The third kappa shape index (κ3) is 25.5. The molecule has 0 atom stereocenters. The summed E-state index contributed by atoms with van der Waals surface area (Å²) in [6, 6.07) is 35.1. The number of aliphatic carboxylic acids is 1. The molecule has 70 heavy (non-hydrogen) atoms. The summed E-state index contributed by atoms with van der Waals surface area (Å²) in [7, 11) is 2.73. The molecule has 0 aliphatic rings. The lowest BCUT2D eigenvalue weighted by atomic mass is 9.85. The predicted octanol–water partition coefficient (Wildman–Crippen LogP) is 19.7. The molecule has 6 aromatic carbocycles. The van der Waals surface area contributed by atoms with E-state index in [9.17, 15) is 14.4 Å². The van der Waals surface area contributed by atoms with Crippen molar-refractivity contribution in [2.24, 2.45) is 0 Å². The van der Waals surface area contributed by atoms with E-state index >= 15 is 0 Å². The number of carboxylic acid groups (broad SMARTS) is 1. The molecule has 0 amide bonds. The molecule has 20 heteroatoms. The summed E-state index contributed by atoms with van der Waals surface area (Å²) >= 11 is 58.3. The smallest absolute Gasteiger partial charge is 0.315 e. The average Bonchev–Trinajstić information content (AvgIpc) is 3.31. The number of carbonyl (C=O) groups excluding carboxylic acids is 2. The number of halogens is 13. The summed E-state index contributed by atoms with van der Waals surface area (Å²) in [6.07, 6.45) is 0.519. The number of aryl methyl sites for hydroxylation is 1. The van der Waals surface area contributed by atoms with E-state index < -0.39 is 11.4 Å². The number of alkyl halides is 1. The minimum atomic E-state index is -0.880. The van der Waals surface area contributed by atoms with Crippen LogP contribution in [0.1, 0.15) is 47.2 Å². The Morgan fingerprint density at radius 3 is 1.27 bits per heavy atom. The van der Waals surface area contributed by atoms with Gasteiger partial charge in [0.05, 0.1) is 45.0 Å². The van der Waals surface area contributed by atoms with E-state index in [-0.39, 0.29) is 24.8 Å². The Bertz CT molecular complexity index is 2740. The van der Waals surface area contributed by atoms with Crippen LogP contribution in [0.3, 0.4) is 0 Å². The van der Waals surface area contributed by atoms with Crippen LogP contribution < -0.4 is 0 Å². The Kier molecular flexibility index (Phi) is 32.9. The molecule has 0 heterocycles. The minimum absolute atomic E-state index is 0.0434. The number of carbonyl (C=O) groups is 3. The lowest BCUT2D eigenvalue weighted by molar-refractivity contribution is -0.146. The molecule has 0 unspecified atom stereocenters. The maximum atomic E-state index is 11.6. The summed E-state index contributed by atoms with van der Waals surface area (Å²) in [6.45, 7) is 5.55. The topological polar surface area (TPSA) is 114 Å². The highest BCUT2D eigenvalue weighted by Gasteiger charge is 2.33. The van der Waals surface area contributed by atoms with Gasteiger partial charge in [-0.25, -0.2) is 0 Å². The number of carboxylic acids is 1. The highest BCUT2D eigenvalue weighted by atomic mass is 79.9. The number of nitriles is 1. The van der Waals surface area contributed by atoms with Crippen LogP contribution in [0.15, 0.2) is 136 Å². The largest absolute Gasteiger partial charge is 0.481 e. The van der Waals surface area contributed by atoms with Crippen LogP contribution >= 0.6 is 181 Å². The van der Waals surface area contributed by atoms with Crippen LogP contribution in [0.4, 0.5) is 0 Å². The van der Waals surface area contributed by atoms with Gasteiger partial charge in [-0.05, 0) is 163 Å². The van der Waals surface area contributed by atoms with Crippen LogP contribution in [0.5, 0.6) is 0 Å². The second-order valence-electron chi connectivity index (χ2n) is 14.4. The highest BCUT2D eigenvalue weighted by molar-refractivity contribution is 9.11. The number of hydrogen-bond donors (Lipinski definition) is 1. The van der Waals surface area contributed by atoms with E-state index in [0.29, 0.717) is 32.1 Å². The molecular weight excluding hydrogens is 1480 g/mol. The molecule has 0 aliphatic carbocycles. The first-order valence-electron chi connectivity index (χ1n) is 19.7. The first-order chi connectivity index (χ1) is 32.8. The van der Waals surface area contributed by atoms with Gasteiger partial charge >= 0.3 is 17.9 Å². The molecule has 374 valence electrons. The Balaban J connectivity index is 0.000000423. The van der Waals surface area contributed by atoms with Crippen molar-refractivity contribution in [3.63, 3.8) is 0 Å². The van der Waals surface area contributed by atoms with Gasteiger partial charge in [0, 0.05) is 62.3 Å². The van der Waals surface area contributed by atoms with Crippen molar-refractivity contribution in [1.82, 2.24) is 0 Å². The summed E-state index contributed by atoms with van der Waals surface area (Å²) in [5.74, 6) is -1.47. The Morgan fingerprint density at radius 2 is 0.900 bits per heavy atom. The van der Waals surface area contributed by atoms with Gasteiger partial charge in [0.2, 0.25) is 0 Å². The van der Waals surface area contributed by atoms with E-state index in [1.54, 1.807) is 56.3 Å². The molecule has 0 radical (unpaired) electrons. The summed E-state index contributed by atoms with van der Waals surface area (Å²) in [4.78, 5) is 32.9. The number of nitrogens with zero attached hydrogens (tertiary/aromatic N) is 1. The number of ether oxygens (including phenoxy) is 2. The number of hydrogen-bond acceptors (Lipinski definition) is 6. The number of benzene rings is 6. The fraction of sp³-hybridized carbons (Fsp3) is 0.200. The van der Waals surface area contributed by atoms with Gasteiger partial charge in [-0.2, -0.15) is 5.26 Å². The molecule has 0 saturated heterocycles. The van der Waals surface area contributed by atoms with Gasteiger partial charge in [-0.15, -0.1) is 0 Å². The molecule has 0 aliphatic heterocycles. The van der Waals surface area contributed by atoms with Crippen molar-refractivity contribution in [3.8, 4) is 6.07 Å². The zero-order valence-electron chi connectivity index (χ0n) is 37.6. The monoisotopic (exact) mass is 1510 g/mol. The van der Waals surface area contributed by atoms with Crippen molar-refractivity contribution < 1.29 is 29.0 Å². The van der Waals surface area contributed by atoms with Crippen molar-refractivity contribution in [2.45, 2.75) is 50.8 Å². The summed E-state index contributed by atoms with van der Waals surface area (Å²) in [5.41, 5.74) is 4.48. The fourth-order valence-electron chi connectivity index (χ4n) is 5.11. The van der Waals surface area contributed by atoms with E-state index in [1.165, 1.54) is 14.2 Å². The van der Waals surface area contributed by atoms with Crippen LogP contribution in [-0.4, -0.2) is 37.2 Å². The normalized spacial score (nSPS) is 10.0. The predicted molar refractivity (Wildman–Crippen MR) is 314 cm³/mol. The van der Waals surface area contributed by atoms with Crippen LogP contribution in [-0.2, 0) is 53.9 Å². The lowest BCUT2D eigenvalue weighted by Crippen LogP contribution is -2.30. The molecular formula is C50H42Br7Cl6NO6. The third-order valence-corrected chi connectivity index (χ3v) is 14.6. The molecule has 6 rings (SSSR count). The van der Waals surface area contributed by atoms with Crippen LogP contribution in [0.25, 0.3) is 0 Å². The van der Waals surface area contributed by atoms with Gasteiger partial charge in [-0.3, -0.25) is 14.4 Å². The van der Waals surface area contributed by atoms with Gasteiger partial charge in [0.25, 0.3) is 0 Å². The summed E-state index contributed by atoms with van der Waals surface area (Å²) < 4.78 is 15.0. The maximum Gasteiger partial charge on any atom is 0.315 e. The lowest BCUT2D eigenvalue weighted by Gasteiger charge is -2.23. The molecule has 7 nitrogen and oxygen atoms in total. The van der Waals surface area contributed by atoms with E-state index in [4.69, 9.17) is 84.7 Å². The molecule has 1 N–H and O–H groups in total. The molecule has 0 spiro atoms. The Hall–Kier alpha value is -1.68. The standard InChI is InChI=1S/C11H12BrClO2.C9H8BrClO2.C8H5BrClN.C8H6BrClO2.C7H5Br2Cl.C7H6BrCl/c1-11(2,10(14)15-3)8-6-7(12)4-5-9(8)13;1-13-9(12)5-6-4-7(10)2-3-8(6)11;9-7-1-2-8(10)6(5-7)3-4-11;9-6-1-2-7(10)5(3-6)4-8(11)12;8-4-5-3-6(9)1-2-7(5)10;1-5-4-6(8)2-3-7(5)9/h4-6H,1-3H3;2-4H,5H2,1H3;1-2,5H,3H2;1-3H,4H2,(H,11,12);1-3H,4H2;2-4H,1H3. The average molecular weight is 1520 g/mol. The van der Waals surface area contributed by atoms with E-state index in [0.717, 1.165) is 70.0 Å². The summed E-state index contributed by atoms with van der Waals surface area (Å²) in [5, 5.41) is 21.6. The number of esters is 2.